The average Bonchev–Trinajstić information content (AvgIpc) is 2.28. The maximum absolute atomic E-state index is 3.69. The number of aromatic amines is 1. The van der Waals surface area contributed by atoms with Crippen LogP contribution in [0.4, 0.5) is 0 Å². The predicted molar refractivity (Wildman–Crippen MR) is 33.6 cm³/mol. The van der Waals surface area contributed by atoms with Crippen LogP contribution in [0.2, 0.25) is 0 Å². The first-order valence-electron chi connectivity index (χ1n) is 2.71. The second-order valence-electron chi connectivity index (χ2n) is 1.71. The van der Waals surface area contributed by atoms with Gasteiger partial charge in [-0.05, 0) is 6.08 Å². The lowest BCUT2D eigenvalue weighted by Crippen LogP contribution is -2.23. The molecule has 10 heavy (non-hydrogen) atoms. The zero-order valence-electron chi connectivity index (χ0n) is 4.94. The number of rotatable bonds is 0. The number of hydrogen-bond donors (Lipinski definition) is 1. The average molecular weight is 133 g/mol. The Balaban J connectivity index is 2.94. The van der Waals surface area contributed by atoms with Crippen LogP contribution in [0.15, 0.2) is 16.3 Å². The zero-order valence-corrected chi connectivity index (χ0v) is 4.94. The van der Waals surface area contributed by atoms with Gasteiger partial charge < -0.3 is 0 Å². The summed E-state index contributed by atoms with van der Waals surface area (Å²) in [6.07, 6.45) is 3.41. The van der Waals surface area contributed by atoms with E-state index < -0.39 is 0 Å². The topological polar surface area (TPSA) is 66.3 Å². The van der Waals surface area contributed by atoms with E-state index in [0.29, 0.717) is 5.49 Å². The highest BCUT2D eigenvalue weighted by atomic mass is 15.4. The molecule has 0 fully saturated rings. The molecule has 0 bridgehead atoms. The normalized spacial score (nSPS) is 13.2. The monoisotopic (exact) mass is 133 g/mol. The molecule has 0 amide bonds. The third-order valence-electron chi connectivity index (χ3n) is 1.08. The number of allylic oxidation sites excluding steroid dienone is 1. The molecule has 1 aliphatic heterocycles. The summed E-state index contributed by atoms with van der Waals surface area (Å²) in [7, 11) is 0. The first kappa shape index (κ1) is 5.08. The van der Waals surface area contributed by atoms with Crippen molar-refractivity contribution in [2.75, 3.05) is 0 Å². The van der Waals surface area contributed by atoms with Crippen molar-refractivity contribution in [1.82, 2.24) is 15.4 Å². The Hall–Kier alpha value is -1.74. The molecule has 48 valence electrons. The Morgan fingerprint density at radius 2 is 2.50 bits per heavy atom. The lowest BCUT2D eigenvalue weighted by Gasteiger charge is -1.64. The fourth-order valence-electron chi connectivity index (χ4n) is 0.646. The standard InChI is InChI=1S/C5H3N5/c1-2-4-5(8-6-3-1)9-10-7-4/h1-2H,(H,7,8,9). The molecular weight excluding hydrogens is 130 g/mol. The van der Waals surface area contributed by atoms with Crippen molar-refractivity contribution in [3.8, 4) is 0 Å². The van der Waals surface area contributed by atoms with Gasteiger partial charge in [-0.2, -0.15) is 0 Å². The van der Waals surface area contributed by atoms with Crippen molar-refractivity contribution < 1.29 is 0 Å². The molecule has 5 heteroatoms. The molecule has 0 unspecified atom stereocenters. The summed E-state index contributed by atoms with van der Waals surface area (Å²) in [5.74, 6) is 2.57. The molecule has 0 aliphatic carbocycles. The first-order chi connectivity index (χ1) is 4.97. The SMILES string of the molecule is C1=CC=c2[nH]nnc2=NN=1. The third-order valence-corrected chi connectivity index (χ3v) is 1.08. The van der Waals surface area contributed by atoms with Crippen molar-refractivity contribution in [2.24, 2.45) is 10.2 Å². The number of nitrogens with zero attached hydrogens (tertiary/aromatic N) is 4. The van der Waals surface area contributed by atoms with Gasteiger partial charge in [0.2, 0.25) is 5.49 Å². The molecule has 0 aromatic carbocycles. The van der Waals surface area contributed by atoms with Crippen molar-refractivity contribution in [3.63, 3.8) is 0 Å². The van der Waals surface area contributed by atoms with Gasteiger partial charge in [0.15, 0.2) is 0 Å². The Labute approximate surface area is 55.5 Å². The predicted octanol–water partition coefficient (Wildman–Crippen LogP) is -1.64. The van der Waals surface area contributed by atoms with Crippen LogP contribution in [-0.2, 0) is 0 Å². The number of fused-ring (bicyclic) bond motifs is 1. The van der Waals surface area contributed by atoms with Gasteiger partial charge in [-0.15, -0.1) is 15.3 Å². The maximum Gasteiger partial charge on any atom is 0.223 e. The molecule has 2 heterocycles. The van der Waals surface area contributed by atoms with E-state index in [1.807, 2.05) is 0 Å². The molecule has 5 nitrogen and oxygen atoms in total. The van der Waals surface area contributed by atoms with Crippen molar-refractivity contribution in [1.29, 1.82) is 0 Å². The summed E-state index contributed by atoms with van der Waals surface area (Å²) in [5.41, 5.74) is 0.501. The maximum atomic E-state index is 3.69. The molecule has 0 saturated carbocycles. The summed E-state index contributed by atoms with van der Waals surface area (Å²) >= 11 is 0. The molecule has 2 rings (SSSR count). The van der Waals surface area contributed by atoms with Gasteiger partial charge in [-0.25, -0.2) is 0 Å². The Kier molecular flexibility index (Phi) is 0.961. The summed E-state index contributed by atoms with van der Waals surface area (Å²) in [6.45, 7) is 0. The van der Waals surface area contributed by atoms with E-state index in [1.54, 1.807) is 12.2 Å². The minimum atomic E-state index is 0.501. The lowest BCUT2D eigenvalue weighted by molar-refractivity contribution is 0.909. The van der Waals surface area contributed by atoms with E-state index in [-0.39, 0.29) is 0 Å². The Bertz CT molecular complexity index is 371. The number of aromatic nitrogens is 3. The van der Waals surface area contributed by atoms with Gasteiger partial charge in [0.05, 0.1) is 0 Å². The molecule has 0 radical (unpaired) electrons. The van der Waals surface area contributed by atoms with Gasteiger partial charge in [0, 0.05) is 11.9 Å². The van der Waals surface area contributed by atoms with E-state index in [4.69, 9.17) is 0 Å². The van der Waals surface area contributed by atoms with Crippen LogP contribution in [0.5, 0.6) is 0 Å². The van der Waals surface area contributed by atoms with E-state index in [0.717, 1.165) is 5.35 Å². The minimum absolute atomic E-state index is 0.501. The molecule has 1 aromatic heterocycles. The number of hydrogen-bond acceptors (Lipinski definition) is 4. The van der Waals surface area contributed by atoms with Crippen LogP contribution < -0.4 is 10.8 Å². The second-order valence-corrected chi connectivity index (χ2v) is 1.71. The van der Waals surface area contributed by atoms with Crippen LogP contribution in [0.1, 0.15) is 0 Å². The van der Waals surface area contributed by atoms with Crippen LogP contribution in [0.25, 0.3) is 6.08 Å². The fourth-order valence-corrected chi connectivity index (χ4v) is 0.646. The highest BCUT2D eigenvalue weighted by Gasteiger charge is 1.88. The van der Waals surface area contributed by atoms with Crippen LogP contribution in [0.3, 0.4) is 0 Å². The summed E-state index contributed by atoms with van der Waals surface area (Å²) in [6, 6.07) is 0. The van der Waals surface area contributed by atoms with E-state index in [2.05, 4.69) is 31.5 Å². The van der Waals surface area contributed by atoms with Gasteiger partial charge in [-0.1, -0.05) is 5.21 Å². The van der Waals surface area contributed by atoms with Gasteiger partial charge in [0.25, 0.3) is 0 Å². The largest absolute Gasteiger partial charge is 0.256 e. The molecule has 1 N–H and O–H groups in total. The minimum Gasteiger partial charge on any atom is -0.256 e. The molecule has 0 saturated heterocycles. The quantitative estimate of drug-likeness (QED) is 0.461. The molecular formula is C5H3N5. The molecule has 0 atom stereocenters. The summed E-state index contributed by atoms with van der Waals surface area (Å²) < 4.78 is 0. The lowest BCUT2D eigenvalue weighted by atomic mass is 10.5. The van der Waals surface area contributed by atoms with Gasteiger partial charge >= 0.3 is 0 Å². The van der Waals surface area contributed by atoms with Crippen LogP contribution >= 0.6 is 0 Å². The Morgan fingerprint density at radius 3 is 3.50 bits per heavy atom. The second kappa shape index (κ2) is 1.89. The Morgan fingerprint density at radius 1 is 1.50 bits per heavy atom. The summed E-state index contributed by atoms with van der Waals surface area (Å²) in [4.78, 5) is 0. The van der Waals surface area contributed by atoms with E-state index in [9.17, 15) is 0 Å². The smallest absolute Gasteiger partial charge is 0.223 e. The zero-order chi connectivity index (χ0) is 6.81. The van der Waals surface area contributed by atoms with Crippen molar-refractivity contribution in [2.45, 2.75) is 0 Å². The van der Waals surface area contributed by atoms with Crippen LogP contribution in [-0.4, -0.2) is 21.3 Å². The molecule has 0 spiro atoms. The number of nitrogens with one attached hydrogen (secondary N) is 1. The molecule has 1 aromatic rings. The first-order valence-corrected chi connectivity index (χ1v) is 2.71. The highest BCUT2D eigenvalue weighted by Crippen LogP contribution is 1.67. The van der Waals surface area contributed by atoms with E-state index >= 15 is 0 Å². The fraction of sp³-hybridized carbons (Fsp3) is 0. The van der Waals surface area contributed by atoms with E-state index in [1.165, 1.54) is 0 Å². The van der Waals surface area contributed by atoms with Crippen LogP contribution in [0, 0.1) is 0 Å². The summed E-state index contributed by atoms with van der Waals surface area (Å²) in [5, 5.41) is 17.9. The van der Waals surface area contributed by atoms with Gasteiger partial charge in [-0.3, -0.25) is 5.10 Å². The number of H-pyrrole nitrogens is 1. The molecule has 1 aliphatic rings. The third kappa shape index (κ3) is 0.655. The highest BCUT2D eigenvalue weighted by molar-refractivity contribution is 5.62. The van der Waals surface area contributed by atoms with Gasteiger partial charge in [0.1, 0.15) is 5.35 Å². The van der Waals surface area contributed by atoms with Crippen molar-refractivity contribution >= 4 is 11.9 Å². The van der Waals surface area contributed by atoms with Crippen molar-refractivity contribution in [3.05, 3.63) is 16.9 Å².